The molecule has 1 aromatic rings. The molecule has 1 saturated heterocycles. The fraction of sp³-hybridized carbons (Fsp3) is 0.571. The number of hydrogen-bond acceptors (Lipinski definition) is 1. The maximum atomic E-state index is 14.0. The van der Waals surface area contributed by atoms with E-state index in [1.54, 1.807) is 0 Å². The standard InChI is InChI=1S/C14H17BrClF2N/c15-12-5-6-13(17)11(14(12)18)9-19-8-2-4-10(19)3-1-7-16/h5-6,10H,1-4,7-9H2. The van der Waals surface area contributed by atoms with Gasteiger partial charge in [-0.3, -0.25) is 4.90 Å². The highest BCUT2D eigenvalue weighted by molar-refractivity contribution is 9.10. The number of likely N-dealkylation sites (tertiary alicyclic amines) is 1. The second-order valence-corrected chi connectivity index (χ2v) is 6.15. The molecular formula is C14H17BrClF2N. The van der Waals surface area contributed by atoms with Crippen LogP contribution in [0.3, 0.4) is 0 Å². The predicted octanol–water partition coefficient (Wildman–Crippen LogP) is 4.71. The maximum absolute atomic E-state index is 14.0. The van der Waals surface area contributed by atoms with Crippen molar-refractivity contribution in [3.8, 4) is 0 Å². The molecule has 0 bridgehead atoms. The zero-order valence-electron chi connectivity index (χ0n) is 10.6. The van der Waals surface area contributed by atoms with Crippen molar-refractivity contribution in [3.05, 3.63) is 33.8 Å². The smallest absolute Gasteiger partial charge is 0.144 e. The highest BCUT2D eigenvalue weighted by atomic mass is 79.9. The van der Waals surface area contributed by atoms with Crippen LogP contribution in [0, 0.1) is 11.6 Å². The molecule has 1 unspecified atom stereocenters. The summed E-state index contributed by atoms with van der Waals surface area (Å²) in [5, 5.41) is 0. The first kappa shape index (κ1) is 15.2. The summed E-state index contributed by atoms with van der Waals surface area (Å²) in [6.45, 7) is 1.24. The highest BCUT2D eigenvalue weighted by Crippen LogP contribution is 2.28. The summed E-state index contributed by atoms with van der Waals surface area (Å²) in [5.74, 6) is -0.309. The van der Waals surface area contributed by atoms with E-state index in [1.165, 1.54) is 12.1 Å². The van der Waals surface area contributed by atoms with E-state index in [9.17, 15) is 8.78 Å². The van der Waals surface area contributed by atoms with E-state index >= 15 is 0 Å². The lowest BCUT2D eigenvalue weighted by Gasteiger charge is -2.24. The molecule has 106 valence electrons. The van der Waals surface area contributed by atoms with Gasteiger partial charge in [0.25, 0.3) is 0 Å². The van der Waals surface area contributed by atoms with Gasteiger partial charge in [0.05, 0.1) is 4.47 Å². The van der Waals surface area contributed by atoms with E-state index in [2.05, 4.69) is 20.8 Å². The average molecular weight is 353 g/mol. The Kier molecular flexibility index (Phi) is 5.60. The summed E-state index contributed by atoms with van der Waals surface area (Å²) in [6, 6.07) is 3.12. The molecular weight excluding hydrogens is 336 g/mol. The Morgan fingerprint density at radius 3 is 2.89 bits per heavy atom. The second-order valence-electron chi connectivity index (χ2n) is 4.92. The molecule has 0 radical (unpaired) electrons. The number of nitrogens with zero attached hydrogens (tertiary/aromatic N) is 1. The second kappa shape index (κ2) is 7.00. The van der Waals surface area contributed by atoms with E-state index in [0.29, 0.717) is 22.9 Å². The van der Waals surface area contributed by atoms with Gasteiger partial charge in [-0.15, -0.1) is 11.6 Å². The third kappa shape index (κ3) is 3.67. The SMILES string of the molecule is Fc1ccc(Br)c(F)c1CN1CCCC1CCCCl. The van der Waals surface area contributed by atoms with Gasteiger partial charge in [-0.1, -0.05) is 0 Å². The highest BCUT2D eigenvalue weighted by Gasteiger charge is 2.26. The van der Waals surface area contributed by atoms with Crippen LogP contribution in [0.1, 0.15) is 31.2 Å². The van der Waals surface area contributed by atoms with Crippen LogP contribution in [-0.2, 0) is 6.54 Å². The quantitative estimate of drug-likeness (QED) is 0.548. The van der Waals surface area contributed by atoms with Gasteiger partial charge in [0.15, 0.2) is 0 Å². The number of halogens is 4. The van der Waals surface area contributed by atoms with E-state index in [4.69, 9.17) is 11.6 Å². The zero-order valence-corrected chi connectivity index (χ0v) is 13.0. The summed E-state index contributed by atoms with van der Waals surface area (Å²) < 4.78 is 28.0. The van der Waals surface area contributed by atoms with Crippen molar-refractivity contribution in [3.63, 3.8) is 0 Å². The molecule has 1 aliphatic heterocycles. The van der Waals surface area contributed by atoms with Gasteiger partial charge in [0, 0.05) is 24.0 Å². The van der Waals surface area contributed by atoms with Crippen LogP contribution < -0.4 is 0 Å². The van der Waals surface area contributed by atoms with Crippen molar-refractivity contribution in [2.45, 2.75) is 38.3 Å². The number of alkyl halides is 1. The van der Waals surface area contributed by atoms with Gasteiger partial charge in [-0.05, 0) is 60.3 Å². The molecule has 19 heavy (non-hydrogen) atoms. The van der Waals surface area contributed by atoms with E-state index < -0.39 is 11.6 Å². The Balaban J connectivity index is 2.10. The van der Waals surface area contributed by atoms with Crippen molar-refractivity contribution >= 4 is 27.5 Å². The van der Waals surface area contributed by atoms with Crippen molar-refractivity contribution in [2.75, 3.05) is 12.4 Å². The van der Waals surface area contributed by atoms with Crippen molar-refractivity contribution < 1.29 is 8.78 Å². The Hall–Kier alpha value is -0.190. The molecule has 0 aliphatic carbocycles. The Morgan fingerprint density at radius 2 is 2.16 bits per heavy atom. The first-order valence-electron chi connectivity index (χ1n) is 6.56. The Bertz CT molecular complexity index is 442. The average Bonchev–Trinajstić information content (AvgIpc) is 2.84. The van der Waals surface area contributed by atoms with E-state index in [0.717, 1.165) is 32.2 Å². The van der Waals surface area contributed by atoms with Gasteiger partial charge in [-0.2, -0.15) is 0 Å². The van der Waals surface area contributed by atoms with Crippen LogP contribution in [0.15, 0.2) is 16.6 Å². The monoisotopic (exact) mass is 351 g/mol. The largest absolute Gasteiger partial charge is 0.296 e. The molecule has 1 nitrogen and oxygen atoms in total. The maximum Gasteiger partial charge on any atom is 0.144 e. The van der Waals surface area contributed by atoms with Crippen LogP contribution in [0.2, 0.25) is 0 Å². The normalized spacial score (nSPS) is 20.1. The minimum absolute atomic E-state index is 0.159. The van der Waals surface area contributed by atoms with Gasteiger partial charge >= 0.3 is 0 Å². The lowest BCUT2D eigenvalue weighted by Crippen LogP contribution is -2.29. The lowest BCUT2D eigenvalue weighted by atomic mass is 10.1. The summed E-state index contributed by atoms with van der Waals surface area (Å²) >= 11 is 8.82. The molecule has 0 saturated carbocycles. The molecule has 1 heterocycles. The molecule has 1 aromatic carbocycles. The molecule has 0 aromatic heterocycles. The van der Waals surface area contributed by atoms with Crippen LogP contribution in [0.25, 0.3) is 0 Å². The van der Waals surface area contributed by atoms with E-state index in [1.807, 2.05) is 0 Å². The molecule has 0 spiro atoms. The molecule has 0 amide bonds. The fourth-order valence-electron chi connectivity index (χ4n) is 2.66. The molecule has 1 atom stereocenters. The van der Waals surface area contributed by atoms with Crippen LogP contribution in [0.5, 0.6) is 0 Å². The number of benzene rings is 1. The number of rotatable bonds is 5. The number of hydrogen-bond donors (Lipinski definition) is 0. The predicted molar refractivity (Wildman–Crippen MR) is 77.4 cm³/mol. The molecule has 2 rings (SSSR count). The molecule has 1 fully saturated rings. The minimum atomic E-state index is -0.483. The summed E-state index contributed by atoms with van der Waals surface area (Å²) in [5.41, 5.74) is 0.159. The molecule has 1 aliphatic rings. The summed E-state index contributed by atoms with van der Waals surface area (Å²) in [4.78, 5) is 2.17. The Labute approximate surface area is 126 Å². The summed E-state index contributed by atoms with van der Waals surface area (Å²) in [6.07, 6.45) is 4.13. The van der Waals surface area contributed by atoms with Gasteiger partial charge in [0.2, 0.25) is 0 Å². The van der Waals surface area contributed by atoms with Crippen LogP contribution in [0.4, 0.5) is 8.78 Å². The Morgan fingerprint density at radius 1 is 1.37 bits per heavy atom. The van der Waals surface area contributed by atoms with Crippen LogP contribution >= 0.6 is 27.5 Å². The fourth-order valence-corrected chi connectivity index (χ4v) is 3.19. The van der Waals surface area contributed by atoms with Crippen molar-refractivity contribution in [1.82, 2.24) is 4.90 Å². The molecule has 5 heteroatoms. The van der Waals surface area contributed by atoms with Gasteiger partial charge in [-0.25, -0.2) is 8.78 Å². The first-order chi connectivity index (χ1) is 9.13. The first-order valence-corrected chi connectivity index (χ1v) is 7.88. The third-order valence-electron chi connectivity index (χ3n) is 3.67. The zero-order chi connectivity index (χ0) is 13.8. The van der Waals surface area contributed by atoms with Crippen molar-refractivity contribution in [2.24, 2.45) is 0 Å². The topological polar surface area (TPSA) is 3.24 Å². The lowest BCUT2D eigenvalue weighted by molar-refractivity contribution is 0.227. The summed E-state index contributed by atoms with van der Waals surface area (Å²) in [7, 11) is 0. The van der Waals surface area contributed by atoms with Gasteiger partial charge < -0.3 is 0 Å². The third-order valence-corrected chi connectivity index (χ3v) is 4.55. The van der Waals surface area contributed by atoms with Crippen LogP contribution in [-0.4, -0.2) is 23.4 Å². The van der Waals surface area contributed by atoms with E-state index in [-0.39, 0.29) is 5.56 Å². The van der Waals surface area contributed by atoms with Crippen molar-refractivity contribution in [1.29, 1.82) is 0 Å². The molecule has 0 N–H and O–H groups in total. The minimum Gasteiger partial charge on any atom is -0.296 e. The van der Waals surface area contributed by atoms with Gasteiger partial charge in [0.1, 0.15) is 11.6 Å².